The van der Waals surface area contributed by atoms with Gasteiger partial charge >= 0.3 is 0 Å². The Bertz CT molecular complexity index is 1210. The van der Waals surface area contributed by atoms with E-state index in [9.17, 15) is 18.0 Å². The SMILES string of the molecule is CC[C@H](C(=O)NCC(C)C)N(Cc1ccc(Cl)cc1Cl)C(=O)CCCN(c1cccc(OC)c1)S(C)(=O)=O. The number of hydrogen-bond acceptors (Lipinski definition) is 5. The average Bonchev–Trinajstić information content (AvgIpc) is 2.85. The molecule has 8 nitrogen and oxygen atoms in total. The van der Waals surface area contributed by atoms with Gasteiger partial charge in [-0.2, -0.15) is 0 Å². The van der Waals surface area contributed by atoms with Crippen molar-refractivity contribution in [1.29, 1.82) is 0 Å². The molecule has 0 radical (unpaired) electrons. The molecule has 1 N–H and O–H groups in total. The van der Waals surface area contributed by atoms with Gasteiger partial charge in [-0.1, -0.05) is 56.1 Å². The van der Waals surface area contributed by atoms with E-state index >= 15 is 0 Å². The third kappa shape index (κ3) is 9.36. The van der Waals surface area contributed by atoms with Crippen LogP contribution < -0.4 is 14.4 Å². The number of benzene rings is 2. The summed E-state index contributed by atoms with van der Waals surface area (Å²) < 4.78 is 31.5. The number of rotatable bonds is 14. The number of sulfonamides is 1. The number of nitrogens with zero attached hydrogens (tertiary/aromatic N) is 2. The quantitative estimate of drug-likeness (QED) is 0.331. The van der Waals surface area contributed by atoms with Crippen LogP contribution in [0.3, 0.4) is 0 Å². The lowest BCUT2D eigenvalue weighted by molar-refractivity contribution is -0.141. The third-order valence-electron chi connectivity index (χ3n) is 5.92. The first-order chi connectivity index (χ1) is 17.9. The molecule has 0 spiro atoms. The second kappa shape index (κ2) is 14.6. The van der Waals surface area contributed by atoms with Crippen LogP contribution in [0.15, 0.2) is 42.5 Å². The van der Waals surface area contributed by atoms with Crippen LogP contribution >= 0.6 is 23.2 Å². The van der Waals surface area contributed by atoms with Crippen LogP contribution in [0.4, 0.5) is 5.69 Å². The summed E-state index contributed by atoms with van der Waals surface area (Å²) in [6.07, 6.45) is 1.81. The van der Waals surface area contributed by atoms with Crippen molar-refractivity contribution in [2.75, 3.05) is 30.8 Å². The first-order valence-corrected chi connectivity index (χ1v) is 15.1. The standard InChI is InChI=1S/C27H37Cl2N3O5S/c1-6-25(27(34)30-17-19(2)3)31(18-20-12-13-21(28)15-24(20)29)26(33)11-8-14-32(38(5,35)36)22-9-7-10-23(16-22)37-4/h7,9-10,12-13,15-16,19,25H,6,8,11,14,17-18H2,1-5H3,(H,30,34)/t25-/m1/s1. The molecule has 38 heavy (non-hydrogen) atoms. The van der Waals surface area contributed by atoms with E-state index in [1.807, 2.05) is 20.8 Å². The molecule has 2 aromatic rings. The number of anilines is 1. The number of hydrogen-bond donors (Lipinski definition) is 1. The molecule has 210 valence electrons. The Morgan fingerprint density at radius 3 is 2.39 bits per heavy atom. The maximum Gasteiger partial charge on any atom is 0.242 e. The van der Waals surface area contributed by atoms with Crippen LogP contribution in [-0.4, -0.2) is 57.6 Å². The van der Waals surface area contributed by atoms with Crippen molar-refractivity contribution in [1.82, 2.24) is 10.2 Å². The molecule has 0 aromatic heterocycles. The van der Waals surface area contributed by atoms with Gasteiger partial charge in [0.1, 0.15) is 11.8 Å². The van der Waals surface area contributed by atoms with Gasteiger partial charge in [0.2, 0.25) is 21.8 Å². The highest BCUT2D eigenvalue weighted by Gasteiger charge is 2.29. The summed E-state index contributed by atoms with van der Waals surface area (Å²) >= 11 is 12.4. The number of methoxy groups -OCH3 is 1. The summed E-state index contributed by atoms with van der Waals surface area (Å²) in [5.41, 5.74) is 1.11. The zero-order chi connectivity index (χ0) is 28.5. The molecule has 0 aliphatic carbocycles. The first kappa shape index (κ1) is 31.7. The lowest BCUT2D eigenvalue weighted by atomic mass is 10.1. The fourth-order valence-electron chi connectivity index (χ4n) is 3.94. The summed E-state index contributed by atoms with van der Waals surface area (Å²) in [5, 5.41) is 3.78. The average molecular weight is 587 g/mol. The molecule has 0 saturated heterocycles. The van der Waals surface area contributed by atoms with Crippen LogP contribution in [0.2, 0.25) is 10.0 Å². The smallest absolute Gasteiger partial charge is 0.242 e. The molecule has 0 bridgehead atoms. The van der Waals surface area contributed by atoms with Crippen LogP contribution in [0.5, 0.6) is 5.75 Å². The number of nitrogens with one attached hydrogen (secondary N) is 1. The lowest BCUT2D eigenvalue weighted by Gasteiger charge is -2.31. The molecule has 0 saturated carbocycles. The predicted octanol–water partition coefficient (Wildman–Crippen LogP) is 5.13. The fraction of sp³-hybridized carbons (Fsp3) is 0.481. The highest BCUT2D eigenvalue weighted by molar-refractivity contribution is 7.92. The molecule has 0 aliphatic rings. The summed E-state index contributed by atoms with van der Waals surface area (Å²) in [5.74, 6) is 0.261. The molecule has 0 fully saturated rings. The first-order valence-electron chi connectivity index (χ1n) is 12.5. The van der Waals surface area contributed by atoms with Crippen molar-refractivity contribution in [3.63, 3.8) is 0 Å². The van der Waals surface area contributed by atoms with E-state index in [1.165, 1.54) is 16.3 Å². The minimum absolute atomic E-state index is 0.0369. The third-order valence-corrected chi connectivity index (χ3v) is 7.70. The number of ether oxygens (including phenoxy) is 1. The summed E-state index contributed by atoms with van der Waals surface area (Å²) in [7, 11) is -2.11. The number of carbonyl (C=O) groups excluding carboxylic acids is 2. The second-order valence-electron chi connectivity index (χ2n) is 9.46. The topological polar surface area (TPSA) is 96.0 Å². The van der Waals surface area contributed by atoms with Gasteiger partial charge in [-0.05, 0) is 48.6 Å². The minimum Gasteiger partial charge on any atom is -0.497 e. The van der Waals surface area contributed by atoms with Crippen LogP contribution in [0.1, 0.15) is 45.6 Å². The fourth-order valence-corrected chi connectivity index (χ4v) is 5.37. The van der Waals surface area contributed by atoms with E-state index in [2.05, 4.69) is 5.32 Å². The Kier molecular flexibility index (Phi) is 12.2. The molecule has 11 heteroatoms. The maximum absolute atomic E-state index is 13.5. The molecule has 0 aliphatic heterocycles. The van der Waals surface area contributed by atoms with Gasteiger partial charge < -0.3 is 15.0 Å². The van der Waals surface area contributed by atoms with Crippen LogP contribution in [-0.2, 0) is 26.2 Å². The van der Waals surface area contributed by atoms with E-state index in [1.54, 1.807) is 42.5 Å². The molecule has 0 heterocycles. The van der Waals surface area contributed by atoms with E-state index in [4.69, 9.17) is 27.9 Å². The highest BCUT2D eigenvalue weighted by Crippen LogP contribution is 2.26. The molecule has 2 amide bonds. The van der Waals surface area contributed by atoms with Gasteiger partial charge in [0.15, 0.2) is 0 Å². The van der Waals surface area contributed by atoms with Crippen molar-refractivity contribution < 1.29 is 22.7 Å². The van der Waals surface area contributed by atoms with Gasteiger partial charge in [-0.25, -0.2) is 8.42 Å². The van der Waals surface area contributed by atoms with Crippen molar-refractivity contribution in [3.8, 4) is 5.75 Å². The number of halogens is 2. The summed E-state index contributed by atoms with van der Waals surface area (Å²) in [6, 6.07) is 11.0. The van der Waals surface area contributed by atoms with Crippen LogP contribution in [0, 0.1) is 5.92 Å². The van der Waals surface area contributed by atoms with Crippen molar-refractivity contribution in [3.05, 3.63) is 58.1 Å². The summed E-state index contributed by atoms with van der Waals surface area (Å²) in [4.78, 5) is 28.1. The zero-order valence-corrected chi connectivity index (χ0v) is 24.9. The Morgan fingerprint density at radius 1 is 1.11 bits per heavy atom. The van der Waals surface area contributed by atoms with E-state index in [-0.39, 0.29) is 43.7 Å². The van der Waals surface area contributed by atoms with Gasteiger partial charge in [-0.15, -0.1) is 0 Å². The van der Waals surface area contributed by atoms with E-state index < -0.39 is 16.1 Å². The Labute approximate surface area is 236 Å². The predicted molar refractivity (Wildman–Crippen MR) is 153 cm³/mol. The molecule has 1 atom stereocenters. The van der Waals surface area contributed by atoms with Crippen molar-refractivity contribution in [2.45, 2.75) is 52.6 Å². The largest absolute Gasteiger partial charge is 0.497 e. The van der Waals surface area contributed by atoms with Crippen LogP contribution in [0.25, 0.3) is 0 Å². The van der Waals surface area contributed by atoms with Gasteiger partial charge in [0, 0.05) is 42.2 Å². The van der Waals surface area contributed by atoms with E-state index in [0.717, 1.165) is 6.26 Å². The molecule has 2 rings (SSSR count). The van der Waals surface area contributed by atoms with Gasteiger partial charge in [0.05, 0.1) is 19.1 Å². The normalized spacial score (nSPS) is 12.2. The van der Waals surface area contributed by atoms with Gasteiger partial charge in [-0.3, -0.25) is 13.9 Å². The molecular formula is C27H37Cl2N3O5S. The molecular weight excluding hydrogens is 549 g/mol. The number of carbonyl (C=O) groups is 2. The van der Waals surface area contributed by atoms with Crippen molar-refractivity contribution in [2.24, 2.45) is 5.92 Å². The monoisotopic (exact) mass is 585 g/mol. The van der Waals surface area contributed by atoms with Gasteiger partial charge in [0.25, 0.3) is 0 Å². The van der Waals surface area contributed by atoms with Crippen molar-refractivity contribution >= 4 is 50.7 Å². The lowest BCUT2D eigenvalue weighted by Crippen LogP contribution is -2.49. The Balaban J connectivity index is 2.26. The Hall–Kier alpha value is -2.49. The second-order valence-corrected chi connectivity index (χ2v) is 12.2. The molecule has 0 unspecified atom stereocenters. The minimum atomic E-state index is -3.61. The highest BCUT2D eigenvalue weighted by atomic mass is 35.5. The Morgan fingerprint density at radius 2 is 1.82 bits per heavy atom. The zero-order valence-electron chi connectivity index (χ0n) is 22.5. The number of amides is 2. The summed E-state index contributed by atoms with van der Waals surface area (Å²) in [6.45, 7) is 6.53. The molecule has 2 aromatic carbocycles. The maximum atomic E-state index is 13.5. The van der Waals surface area contributed by atoms with E-state index in [0.29, 0.717) is 40.0 Å².